The molecule has 1 aliphatic rings. The summed E-state index contributed by atoms with van der Waals surface area (Å²) in [4.78, 5) is 14.0. The van der Waals surface area contributed by atoms with Gasteiger partial charge in [-0.3, -0.25) is 4.79 Å². The van der Waals surface area contributed by atoms with Crippen molar-refractivity contribution in [1.82, 2.24) is 25.5 Å². The van der Waals surface area contributed by atoms with Gasteiger partial charge in [0.05, 0.1) is 13.1 Å². The molecule has 1 aromatic carbocycles. The zero-order valence-corrected chi connectivity index (χ0v) is 11.9. The molecule has 0 saturated carbocycles. The lowest BCUT2D eigenvalue weighted by Gasteiger charge is -2.49. The van der Waals surface area contributed by atoms with Crippen molar-refractivity contribution in [2.75, 3.05) is 13.1 Å². The maximum Gasteiger partial charge on any atom is 0.254 e. The van der Waals surface area contributed by atoms with Crippen molar-refractivity contribution in [3.63, 3.8) is 0 Å². The molecule has 1 aromatic heterocycles. The minimum Gasteiger partial charge on any atom is -0.386 e. The van der Waals surface area contributed by atoms with E-state index in [1.165, 1.54) is 0 Å². The van der Waals surface area contributed by atoms with E-state index in [0.717, 1.165) is 5.56 Å². The van der Waals surface area contributed by atoms with Crippen molar-refractivity contribution < 1.29 is 9.90 Å². The first-order valence-corrected chi connectivity index (χ1v) is 6.85. The minimum atomic E-state index is -0.750. The summed E-state index contributed by atoms with van der Waals surface area (Å²) in [5.41, 5.74) is 0.635. The number of carbonyl (C=O) groups is 1. The molecular formula is C14H17N5O2. The second-order valence-corrected chi connectivity index (χ2v) is 5.73. The highest BCUT2D eigenvalue weighted by Crippen LogP contribution is 2.29. The van der Waals surface area contributed by atoms with Crippen molar-refractivity contribution in [3.05, 3.63) is 29.8 Å². The maximum absolute atomic E-state index is 12.3. The number of tetrazole rings is 1. The van der Waals surface area contributed by atoms with Gasteiger partial charge in [-0.15, -0.1) is 10.2 Å². The number of aliphatic hydroxyl groups is 1. The SMILES string of the molecule is CC(C)C1(O)CN(C(=O)c2ccc(-c3nn[nH]n3)cc2)C1. The topological polar surface area (TPSA) is 95.0 Å². The molecule has 0 bridgehead atoms. The van der Waals surface area contributed by atoms with E-state index in [4.69, 9.17) is 0 Å². The molecule has 1 amide bonds. The Labute approximate surface area is 122 Å². The van der Waals surface area contributed by atoms with Gasteiger partial charge in [0.25, 0.3) is 5.91 Å². The average Bonchev–Trinajstić information content (AvgIpc) is 2.97. The number of nitrogens with one attached hydrogen (secondary N) is 1. The smallest absolute Gasteiger partial charge is 0.254 e. The molecule has 2 N–H and O–H groups in total. The van der Waals surface area contributed by atoms with Crippen LogP contribution in [0.4, 0.5) is 0 Å². The van der Waals surface area contributed by atoms with E-state index < -0.39 is 5.60 Å². The number of nitrogens with zero attached hydrogens (tertiary/aromatic N) is 4. The third kappa shape index (κ3) is 2.40. The minimum absolute atomic E-state index is 0.0695. The summed E-state index contributed by atoms with van der Waals surface area (Å²) in [7, 11) is 0. The zero-order valence-electron chi connectivity index (χ0n) is 11.9. The Morgan fingerprint density at radius 2 is 2.00 bits per heavy atom. The van der Waals surface area contributed by atoms with E-state index in [0.29, 0.717) is 24.5 Å². The van der Waals surface area contributed by atoms with E-state index in [9.17, 15) is 9.90 Å². The number of rotatable bonds is 3. The Hall–Kier alpha value is -2.28. The molecule has 0 aliphatic carbocycles. The molecule has 110 valence electrons. The number of hydrogen-bond acceptors (Lipinski definition) is 5. The number of aromatic amines is 1. The standard InChI is InChI=1S/C14H17N5O2/c1-9(2)14(21)7-19(8-14)13(20)11-5-3-10(4-6-11)12-15-17-18-16-12/h3-6,9,21H,7-8H2,1-2H3,(H,15,16,17,18). The van der Waals surface area contributed by atoms with Crippen molar-refractivity contribution in [1.29, 1.82) is 0 Å². The molecule has 0 radical (unpaired) electrons. The van der Waals surface area contributed by atoms with E-state index in [1.54, 1.807) is 29.2 Å². The Morgan fingerprint density at radius 3 is 2.52 bits per heavy atom. The predicted octanol–water partition coefficient (Wildman–Crippen LogP) is 0.710. The molecule has 0 unspecified atom stereocenters. The van der Waals surface area contributed by atoms with Crippen LogP contribution in [0.2, 0.25) is 0 Å². The maximum atomic E-state index is 12.3. The first-order valence-electron chi connectivity index (χ1n) is 6.85. The Kier molecular flexibility index (Phi) is 3.21. The zero-order chi connectivity index (χ0) is 15.0. The lowest BCUT2D eigenvalue weighted by atomic mass is 9.82. The molecule has 2 heterocycles. The Bertz CT molecular complexity index is 630. The average molecular weight is 287 g/mol. The van der Waals surface area contributed by atoms with E-state index in [2.05, 4.69) is 20.6 Å². The van der Waals surface area contributed by atoms with Crippen LogP contribution >= 0.6 is 0 Å². The number of likely N-dealkylation sites (tertiary alicyclic amines) is 1. The lowest BCUT2D eigenvalue weighted by Crippen LogP contribution is -2.65. The fourth-order valence-electron chi connectivity index (χ4n) is 2.35. The fourth-order valence-corrected chi connectivity index (χ4v) is 2.35. The molecule has 1 fully saturated rings. The number of hydrogen-bond donors (Lipinski definition) is 2. The van der Waals surface area contributed by atoms with Gasteiger partial charge in [0.2, 0.25) is 5.82 Å². The van der Waals surface area contributed by atoms with Crippen molar-refractivity contribution in [2.24, 2.45) is 5.92 Å². The highest BCUT2D eigenvalue weighted by atomic mass is 16.3. The highest BCUT2D eigenvalue weighted by Gasteiger charge is 2.45. The largest absolute Gasteiger partial charge is 0.386 e. The van der Waals surface area contributed by atoms with Crippen LogP contribution in [0.3, 0.4) is 0 Å². The fraction of sp³-hybridized carbons (Fsp3) is 0.429. The van der Waals surface area contributed by atoms with E-state index in [-0.39, 0.29) is 11.8 Å². The van der Waals surface area contributed by atoms with Crippen molar-refractivity contribution in [3.8, 4) is 11.4 Å². The van der Waals surface area contributed by atoms with Crippen LogP contribution in [0, 0.1) is 5.92 Å². The quantitative estimate of drug-likeness (QED) is 0.867. The van der Waals surface area contributed by atoms with E-state index in [1.807, 2.05) is 13.8 Å². The van der Waals surface area contributed by atoms with Gasteiger partial charge in [0.1, 0.15) is 5.60 Å². The van der Waals surface area contributed by atoms with Crippen LogP contribution in [-0.2, 0) is 0 Å². The summed E-state index contributed by atoms with van der Waals surface area (Å²) in [6.45, 7) is 4.69. The van der Waals surface area contributed by atoms with Crippen LogP contribution in [0.25, 0.3) is 11.4 Å². The Morgan fingerprint density at radius 1 is 1.33 bits per heavy atom. The van der Waals surface area contributed by atoms with Crippen LogP contribution in [0.5, 0.6) is 0 Å². The molecular weight excluding hydrogens is 270 g/mol. The summed E-state index contributed by atoms with van der Waals surface area (Å²) in [6.07, 6.45) is 0. The van der Waals surface area contributed by atoms with Crippen LogP contribution < -0.4 is 0 Å². The molecule has 7 nitrogen and oxygen atoms in total. The monoisotopic (exact) mass is 287 g/mol. The third-order valence-electron chi connectivity index (χ3n) is 4.03. The van der Waals surface area contributed by atoms with Gasteiger partial charge in [-0.05, 0) is 23.3 Å². The van der Waals surface area contributed by atoms with Crippen LogP contribution in [-0.4, -0.2) is 55.2 Å². The van der Waals surface area contributed by atoms with Gasteiger partial charge in [-0.2, -0.15) is 5.21 Å². The molecule has 3 rings (SSSR count). The normalized spacial score (nSPS) is 16.9. The highest BCUT2D eigenvalue weighted by molar-refractivity contribution is 5.95. The number of H-pyrrole nitrogens is 1. The first-order chi connectivity index (χ1) is 9.99. The molecule has 0 spiro atoms. The molecule has 0 atom stereocenters. The second kappa shape index (κ2) is 4.92. The van der Waals surface area contributed by atoms with Gasteiger partial charge < -0.3 is 10.0 Å². The summed E-state index contributed by atoms with van der Waals surface area (Å²) < 4.78 is 0. The number of amides is 1. The van der Waals surface area contributed by atoms with Gasteiger partial charge in [0, 0.05) is 11.1 Å². The summed E-state index contributed by atoms with van der Waals surface area (Å²) in [6, 6.07) is 7.04. The van der Waals surface area contributed by atoms with E-state index >= 15 is 0 Å². The summed E-state index contributed by atoms with van der Waals surface area (Å²) >= 11 is 0. The summed E-state index contributed by atoms with van der Waals surface area (Å²) in [5.74, 6) is 0.564. The summed E-state index contributed by atoms with van der Waals surface area (Å²) in [5, 5.41) is 23.9. The Balaban J connectivity index is 1.70. The van der Waals surface area contributed by atoms with Gasteiger partial charge in [-0.25, -0.2) is 0 Å². The van der Waals surface area contributed by atoms with Crippen LogP contribution in [0.1, 0.15) is 24.2 Å². The molecule has 21 heavy (non-hydrogen) atoms. The second-order valence-electron chi connectivity index (χ2n) is 5.73. The molecule has 1 saturated heterocycles. The number of benzene rings is 1. The number of carbonyl (C=O) groups excluding carboxylic acids is 1. The molecule has 2 aromatic rings. The number of β-amino-alcohol motifs (C(OH)–C–C–N with tert-alkyl or cyclic N) is 1. The lowest BCUT2D eigenvalue weighted by molar-refractivity contribution is -0.110. The predicted molar refractivity (Wildman–Crippen MR) is 75.3 cm³/mol. The van der Waals surface area contributed by atoms with Gasteiger partial charge in [-0.1, -0.05) is 26.0 Å². The van der Waals surface area contributed by atoms with Gasteiger partial charge in [0.15, 0.2) is 0 Å². The number of aromatic nitrogens is 4. The first kappa shape index (κ1) is 13.7. The van der Waals surface area contributed by atoms with Crippen molar-refractivity contribution in [2.45, 2.75) is 19.4 Å². The van der Waals surface area contributed by atoms with Crippen LogP contribution in [0.15, 0.2) is 24.3 Å². The third-order valence-corrected chi connectivity index (χ3v) is 4.03. The molecule has 1 aliphatic heterocycles. The molecule has 7 heteroatoms. The van der Waals surface area contributed by atoms with Gasteiger partial charge >= 0.3 is 0 Å². The van der Waals surface area contributed by atoms with Crippen molar-refractivity contribution >= 4 is 5.91 Å².